The summed E-state index contributed by atoms with van der Waals surface area (Å²) in [6.07, 6.45) is 10.7. The first-order chi connectivity index (χ1) is 18.4. The van der Waals surface area contributed by atoms with E-state index in [4.69, 9.17) is 16.2 Å². The van der Waals surface area contributed by atoms with Crippen molar-refractivity contribution in [2.75, 3.05) is 40.0 Å². The molecule has 2 aliphatic rings. The Morgan fingerprint density at radius 3 is 2.59 bits per heavy atom. The number of pyridine rings is 1. The molecule has 1 saturated heterocycles. The zero-order valence-corrected chi connectivity index (χ0v) is 26.6. The van der Waals surface area contributed by atoms with Gasteiger partial charge in [0.1, 0.15) is 5.82 Å². The van der Waals surface area contributed by atoms with E-state index in [-0.39, 0.29) is 56.3 Å². The van der Waals surface area contributed by atoms with Crippen molar-refractivity contribution in [3.05, 3.63) is 93.7 Å². The third-order valence-corrected chi connectivity index (χ3v) is 7.19. The molecule has 1 radical (unpaired) electrons. The zero-order chi connectivity index (χ0) is 27.3. The van der Waals surface area contributed by atoms with Gasteiger partial charge in [0.25, 0.3) is 0 Å². The molecule has 5 rings (SSSR count). The SMILES string of the molecule is CCCc1ccnc2cc(C3C=CC(CNCCOC)=CN3)sc12.Cc1ccc([NH-])cc1F.[NH-]C1COC1.[Y]. The first kappa shape index (κ1) is 33.5. The van der Waals surface area contributed by atoms with Gasteiger partial charge in [0.05, 0.1) is 22.9 Å². The van der Waals surface area contributed by atoms with Gasteiger partial charge in [-0.15, -0.1) is 17.0 Å². The van der Waals surface area contributed by atoms with Gasteiger partial charge in [0.2, 0.25) is 0 Å². The Morgan fingerprint density at radius 1 is 1.26 bits per heavy atom. The van der Waals surface area contributed by atoms with Crippen LogP contribution in [0.3, 0.4) is 0 Å². The van der Waals surface area contributed by atoms with Crippen molar-refractivity contribution in [2.24, 2.45) is 0 Å². The van der Waals surface area contributed by atoms with Gasteiger partial charge in [-0.3, -0.25) is 4.98 Å². The maximum Gasteiger partial charge on any atom is 0.124 e. The minimum atomic E-state index is -0.303. The van der Waals surface area contributed by atoms with Crippen LogP contribution in [0.15, 0.2) is 60.5 Å². The van der Waals surface area contributed by atoms with Crippen LogP contribution in [0.5, 0.6) is 0 Å². The van der Waals surface area contributed by atoms with Gasteiger partial charge in [-0.25, -0.2) is 4.39 Å². The zero-order valence-electron chi connectivity index (χ0n) is 22.9. The van der Waals surface area contributed by atoms with E-state index in [9.17, 15) is 4.39 Å². The number of nitrogens with zero attached hydrogens (tertiary/aromatic N) is 1. The minimum absolute atomic E-state index is 0. The van der Waals surface area contributed by atoms with Crippen molar-refractivity contribution in [3.63, 3.8) is 0 Å². The predicted molar refractivity (Wildman–Crippen MR) is 156 cm³/mol. The largest absolute Gasteiger partial charge is 0.699 e. The number of hydrogen-bond donors (Lipinski definition) is 2. The van der Waals surface area contributed by atoms with E-state index in [1.54, 1.807) is 26.2 Å². The van der Waals surface area contributed by atoms with E-state index in [1.807, 2.05) is 17.5 Å². The van der Waals surface area contributed by atoms with Gasteiger partial charge in [0, 0.05) is 83.4 Å². The summed E-state index contributed by atoms with van der Waals surface area (Å²) in [6.45, 7) is 7.66. The number of ether oxygens (including phenoxy) is 2. The molecule has 0 saturated carbocycles. The normalized spacial score (nSPS) is 16.0. The topological polar surface area (TPSA) is 103 Å². The fraction of sp³-hybridized carbons (Fsp3) is 0.414. The Kier molecular flexibility index (Phi) is 15.3. The van der Waals surface area contributed by atoms with Crippen molar-refractivity contribution in [2.45, 2.75) is 38.8 Å². The Labute approximate surface area is 260 Å². The number of aryl methyl sites for hydroxylation is 2. The third-order valence-electron chi connectivity index (χ3n) is 5.91. The van der Waals surface area contributed by atoms with Crippen LogP contribution in [0.2, 0.25) is 0 Å². The van der Waals surface area contributed by atoms with E-state index in [1.165, 1.54) is 26.8 Å². The minimum Gasteiger partial charge on any atom is -0.699 e. The summed E-state index contributed by atoms with van der Waals surface area (Å²) < 4.78 is 23.5. The van der Waals surface area contributed by atoms with E-state index in [2.05, 4.69) is 57.8 Å². The van der Waals surface area contributed by atoms with Crippen LogP contribution in [-0.4, -0.2) is 51.0 Å². The summed E-state index contributed by atoms with van der Waals surface area (Å²) in [5.41, 5.74) is 18.4. The maximum atomic E-state index is 12.5. The van der Waals surface area contributed by atoms with Crippen LogP contribution in [0.25, 0.3) is 21.7 Å². The number of hydrogen-bond acceptors (Lipinski definition) is 6. The second-order valence-corrected chi connectivity index (χ2v) is 10.3. The van der Waals surface area contributed by atoms with Crippen molar-refractivity contribution in [1.82, 2.24) is 15.6 Å². The molecule has 10 heteroatoms. The van der Waals surface area contributed by atoms with Crippen molar-refractivity contribution in [1.29, 1.82) is 0 Å². The standard InChI is InChI=1S/C19H25N3OS.C7H7FN.C3H6NO.Y/c1-3-4-15-7-8-21-17-11-18(24-19(15)17)16-6-5-14(13-22-16)12-20-9-10-23-2;1-5-2-3-6(9)4-7(5)8;4-3-1-5-2-3;/h5-8,11,13,16,20,22H,3-4,9-10,12H2,1-2H3;2-4,9H,1H3;3-4H,1-2H2;/q;2*-1;. The van der Waals surface area contributed by atoms with Crippen LogP contribution >= 0.6 is 11.3 Å². The molecule has 7 nitrogen and oxygen atoms in total. The van der Waals surface area contributed by atoms with Crippen LogP contribution in [-0.2, 0) is 48.6 Å². The fourth-order valence-corrected chi connectivity index (χ4v) is 4.87. The van der Waals surface area contributed by atoms with Gasteiger partial charge in [-0.1, -0.05) is 43.7 Å². The average Bonchev–Trinajstić information content (AvgIpc) is 3.35. The number of benzene rings is 1. The van der Waals surface area contributed by atoms with Crippen molar-refractivity contribution >= 4 is 27.2 Å². The molecular weight excluding hydrogens is 590 g/mol. The second-order valence-electron chi connectivity index (χ2n) is 9.17. The van der Waals surface area contributed by atoms with Gasteiger partial charge < -0.3 is 31.6 Å². The van der Waals surface area contributed by atoms with E-state index in [0.29, 0.717) is 18.8 Å². The Morgan fingerprint density at radius 2 is 2.03 bits per heavy atom. The number of dihydropyridines is 1. The predicted octanol–water partition coefficient (Wildman–Crippen LogP) is 6.82. The second kappa shape index (κ2) is 17.9. The average molecular weight is 629 g/mol. The molecule has 0 bridgehead atoms. The molecule has 3 aromatic rings. The molecular formula is C29H38FN5O2SY-2. The molecule has 4 N–H and O–H groups in total. The molecule has 0 aliphatic carbocycles. The maximum absolute atomic E-state index is 12.5. The van der Waals surface area contributed by atoms with Gasteiger partial charge >= 0.3 is 0 Å². The molecule has 2 aliphatic heterocycles. The number of aromatic nitrogens is 1. The van der Waals surface area contributed by atoms with Crippen LogP contribution in [0.1, 0.15) is 35.4 Å². The summed E-state index contributed by atoms with van der Waals surface area (Å²) in [7, 11) is 1.72. The summed E-state index contributed by atoms with van der Waals surface area (Å²) >= 11 is 1.86. The van der Waals surface area contributed by atoms with Crippen molar-refractivity contribution < 1.29 is 46.6 Å². The number of rotatable bonds is 8. The number of methoxy groups -OCH3 is 1. The van der Waals surface area contributed by atoms with Gasteiger partial charge in [0.15, 0.2) is 0 Å². The molecule has 0 spiro atoms. The van der Waals surface area contributed by atoms with E-state index < -0.39 is 0 Å². The molecule has 1 fully saturated rings. The summed E-state index contributed by atoms with van der Waals surface area (Å²) in [6, 6.07) is 9.07. The molecule has 0 amide bonds. The van der Waals surface area contributed by atoms with E-state index >= 15 is 0 Å². The van der Waals surface area contributed by atoms with Crippen LogP contribution in [0, 0.1) is 12.7 Å². The number of halogens is 1. The van der Waals surface area contributed by atoms with Crippen molar-refractivity contribution in [3.8, 4) is 0 Å². The van der Waals surface area contributed by atoms with Gasteiger partial charge in [-0.2, -0.15) is 0 Å². The molecule has 209 valence electrons. The Hall–Kier alpha value is -1.72. The third kappa shape index (κ3) is 11.0. The monoisotopic (exact) mass is 628 g/mol. The Balaban J connectivity index is 0.000000291. The molecule has 39 heavy (non-hydrogen) atoms. The number of fused-ring (bicyclic) bond motifs is 1. The molecule has 1 aromatic carbocycles. The van der Waals surface area contributed by atoms with Crippen LogP contribution in [0.4, 0.5) is 10.1 Å². The number of thiophene rings is 1. The fourth-order valence-electron chi connectivity index (χ4n) is 3.67. The quantitative estimate of drug-likeness (QED) is 0.267. The smallest absolute Gasteiger partial charge is 0.124 e. The van der Waals surface area contributed by atoms with Crippen LogP contribution < -0.4 is 10.6 Å². The first-order valence-corrected chi connectivity index (χ1v) is 13.7. The van der Waals surface area contributed by atoms with E-state index in [0.717, 1.165) is 38.1 Å². The summed E-state index contributed by atoms with van der Waals surface area (Å²) in [5.74, 6) is -0.303. The summed E-state index contributed by atoms with van der Waals surface area (Å²) in [4.78, 5) is 5.85. The number of nitrogens with one attached hydrogen (secondary N) is 4. The molecule has 2 aromatic heterocycles. The first-order valence-electron chi connectivity index (χ1n) is 12.9. The Bertz CT molecular complexity index is 1220. The molecule has 4 heterocycles. The summed E-state index contributed by atoms with van der Waals surface area (Å²) in [5, 5.41) is 6.86. The molecule has 1 atom stereocenters. The van der Waals surface area contributed by atoms with Gasteiger partial charge in [-0.05, 0) is 48.2 Å². The molecule has 1 unspecified atom stereocenters.